The largest absolute Gasteiger partial charge is 0.374 e. The van der Waals surface area contributed by atoms with Crippen LogP contribution in [0.25, 0.3) is 22.3 Å². The molecule has 3 rings (SSSR count). The highest BCUT2D eigenvalue weighted by molar-refractivity contribution is 7.69. The highest BCUT2D eigenvalue weighted by Crippen LogP contribution is 2.44. The maximum Gasteiger partial charge on any atom is 0.374 e. The summed E-state index contributed by atoms with van der Waals surface area (Å²) in [5.41, 5.74) is 12.7. The van der Waals surface area contributed by atoms with Gasteiger partial charge in [0.2, 0.25) is 0 Å². The Morgan fingerprint density at radius 1 is 0.450 bits per heavy atom. The van der Waals surface area contributed by atoms with E-state index in [2.05, 4.69) is 126 Å². The van der Waals surface area contributed by atoms with E-state index in [0.717, 1.165) is 16.3 Å². The van der Waals surface area contributed by atoms with Crippen molar-refractivity contribution < 1.29 is 0 Å². The molecule has 0 radical (unpaired) electrons. The Morgan fingerprint density at radius 2 is 0.725 bits per heavy atom. The maximum absolute atomic E-state index is 7.13. The molecule has 3 aromatic carbocycles. The molecule has 0 N–H and O–H groups in total. The monoisotopic (exact) mass is 614 g/mol. The molecule has 0 saturated carbocycles. The molecule has 3 aromatic rings. The Bertz CT molecular complexity index is 1190. The van der Waals surface area contributed by atoms with Gasteiger partial charge in [0.1, 0.15) is 0 Å². The smallest absolute Gasteiger partial charge is 0.121 e. The zero-order chi connectivity index (χ0) is 30.3. The number of halogens is 3. The molecule has 0 atom stereocenters. The first-order valence-electron chi connectivity index (χ1n) is 15.0. The van der Waals surface area contributed by atoms with Gasteiger partial charge in [-0.25, -0.2) is 0 Å². The molecule has 0 aliphatic rings. The average Bonchev–Trinajstić information content (AvgIpc) is 2.85. The van der Waals surface area contributed by atoms with E-state index >= 15 is 0 Å². The molecule has 0 aliphatic heterocycles. The summed E-state index contributed by atoms with van der Waals surface area (Å²) in [6.07, 6.45) is 0. The highest BCUT2D eigenvalue weighted by Gasteiger charge is 2.37. The zero-order valence-electron chi connectivity index (χ0n) is 26.6. The second-order valence-electron chi connectivity index (χ2n) is 13.3. The van der Waals surface area contributed by atoms with Crippen molar-refractivity contribution in [3.05, 3.63) is 75.8 Å². The predicted molar refractivity (Wildman–Crippen MR) is 185 cm³/mol. The number of benzene rings is 3. The van der Waals surface area contributed by atoms with Crippen LogP contribution in [0.15, 0.2) is 42.5 Å². The summed E-state index contributed by atoms with van der Waals surface area (Å²) in [6, 6.07) is 12.8. The summed E-state index contributed by atoms with van der Waals surface area (Å²) in [5, 5.41) is 0.919. The summed E-state index contributed by atoms with van der Waals surface area (Å²) in [4.78, 5) is 0. The molecule has 0 saturated heterocycles. The number of hydrogen-bond acceptors (Lipinski definition) is 0. The van der Waals surface area contributed by atoms with Gasteiger partial charge in [-0.3, -0.25) is 0 Å². The van der Waals surface area contributed by atoms with Gasteiger partial charge in [-0.15, -0.1) is 33.2 Å². The molecule has 0 unspecified atom stereocenters. The fraction of sp³-hybridized carbons (Fsp3) is 0.500. The molecule has 40 heavy (non-hydrogen) atoms. The van der Waals surface area contributed by atoms with Crippen molar-refractivity contribution in [1.29, 1.82) is 0 Å². The molecular weight excluding hydrogens is 567 g/mol. The SMILES string of the molecule is CC(C)c1cc(C(C)C)c(-c2cccc(-c3c(C(C)C)cc(C(C)C)cc3C(C)C)c2[Si](Cl)(Cl)Cl)c(C(C)C)c1. The summed E-state index contributed by atoms with van der Waals surface area (Å²) in [5.74, 6) is 2.23. The standard InChI is InChI=1S/C36H49Cl3Si/c1-20(2)26-16-30(22(5)6)34(31(17-26)23(7)8)28-14-13-15-29(36(28)40(37,38)39)35-32(24(9)10)18-27(21(3)4)19-33(35)25(11)12/h13-25H,1-12H3. The first kappa shape index (κ1) is 33.3. The Balaban J connectivity index is 2.60. The van der Waals surface area contributed by atoms with Crippen LogP contribution in [-0.2, 0) is 0 Å². The van der Waals surface area contributed by atoms with Crippen LogP contribution < -0.4 is 5.19 Å². The van der Waals surface area contributed by atoms with E-state index in [1.807, 2.05) is 0 Å². The number of rotatable bonds is 9. The van der Waals surface area contributed by atoms with Crippen LogP contribution in [0.1, 0.15) is 152 Å². The van der Waals surface area contributed by atoms with E-state index in [1.165, 1.54) is 44.5 Å². The van der Waals surface area contributed by atoms with Gasteiger partial charge in [-0.2, -0.15) is 0 Å². The van der Waals surface area contributed by atoms with Crippen molar-refractivity contribution >= 4 is 44.4 Å². The minimum Gasteiger partial charge on any atom is -0.121 e. The average molecular weight is 616 g/mol. The summed E-state index contributed by atoms with van der Waals surface area (Å²) >= 11 is 21.4. The molecule has 0 bridgehead atoms. The third-order valence-electron chi connectivity index (χ3n) is 8.15. The lowest BCUT2D eigenvalue weighted by atomic mass is 9.79. The van der Waals surface area contributed by atoms with E-state index in [4.69, 9.17) is 33.2 Å². The van der Waals surface area contributed by atoms with Crippen molar-refractivity contribution in [2.75, 3.05) is 0 Å². The van der Waals surface area contributed by atoms with Gasteiger partial charge < -0.3 is 0 Å². The van der Waals surface area contributed by atoms with Crippen molar-refractivity contribution in [2.45, 2.75) is 119 Å². The normalized spacial score (nSPS) is 12.7. The van der Waals surface area contributed by atoms with Crippen LogP contribution in [0.2, 0.25) is 0 Å². The van der Waals surface area contributed by atoms with Gasteiger partial charge in [0, 0.05) is 5.19 Å². The molecule has 0 aliphatic carbocycles. The molecule has 0 fully saturated rings. The second-order valence-corrected chi connectivity index (χ2v) is 21.6. The van der Waals surface area contributed by atoms with Crippen LogP contribution in [0, 0.1) is 0 Å². The van der Waals surface area contributed by atoms with E-state index in [1.54, 1.807) is 0 Å². The van der Waals surface area contributed by atoms with E-state index < -0.39 is 6.00 Å². The van der Waals surface area contributed by atoms with E-state index in [-0.39, 0.29) is 0 Å². The molecule has 0 aromatic heterocycles. The minimum atomic E-state index is -3.37. The van der Waals surface area contributed by atoms with Gasteiger partial charge >= 0.3 is 6.00 Å². The fourth-order valence-corrected chi connectivity index (χ4v) is 8.67. The predicted octanol–water partition coefficient (Wildman–Crippen LogP) is 12.6. The van der Waals surface area contributed by atoms with Gasteiger partial charge in [-0.1, -0.05) is 126 Å². The van der Waals surface area contributed by atoms with Gasteiger partial charge in [0.25, 0.3) is 0 Å². The molecule has 0 spiro atoms. The lowest BCUT2D eigenvalue weighted by molar-refractivity contribution is 0.807. The van der Waals surface area contributed by atoms with Gasteiger partial charge in [0.15, 0.2) is 0 Å². The second kappa shape index (κ2) is 12.9. The van der Waals surface area contributed by atoms with E-state index in [0.29, 0.717) is 35.5 Å². The van der Waals surface area contributed by atoms with Crippen LogP contribution in [-0.4, -0.2) is 6.00 Å². The molecule has 0 heterocycles. The van der Waals surface area contributed by atoms with E-state index in [9.17, 15) is 0 Å². The van der Waals surface area contributed by atoms with Crippen molar-refractivity contribution in [3.63, 3.8) is 0 Å². The van der Waals surface area contributed by atoms with Gasteiger partial charge in [0.05, 0.1) is 0 Å². The highest BCUT2D eigenvalue weighted by atomic mass is 35.8. The maximum atomic E-state index is 7.13. The molecule has 0 nitrogen and oxygen atoms in total. The van der Waals surface area contributed by atoms with Crippen LogP contribution in [0.5, 0.6) is 0 Å². The van der Waals surface area contributed by atoms with Crippen molar-refractivity contribution in [1.82, 2.24) is 0 Å². The van der Waals surface area contributed by atoms with Crippen molar-refractivity contribution in [3.8, 4) is 22.3 Å². The van der Waals surface area contributed by atoms with Crippen molar-refractivity contribution in [2.24, 2.45) is 0 Å². The topological polar surface area (TPSA) is 0 Å². The third kappa shape index (κ3) is 6.86. The quantitative estimate of drug-likeness (QED) is 0.166. The fourth-order valence-electron chi connectivity index (χ4n) is 5.81. The zero-order valence-corrected chi connectivity index (χ0v) is 29.9. The van der Waals surface area contributed by atoms with Gasteiger partial charge in [-0.05, 0) is 91.1 Å². The molecule has 218 valence electrons. The lowest BCUT2D eigenvalue weighted by Crippen LogP contribution is -2.35. The Hall–Kier alpha value is -1.25. The molecular formula is C36H49Cl3Si. The summed E-state index contributed by atoms with van der Waals surface area (Å²) < 4.78 is 0. The van der Waals surface area contributed by atoms with Crippen LogP contribution >= 0.6 is 33.2 Å². The third-order valence-corrected chi connectivity index (χ3v) is 11.0. The Kier molecular flexibility index (Phi) is 10.8. The lowest BCUT2D eigenvalue weighted by Gasteiger charge is -2.29. The Morgan fingerprint density at radius 3 is 0.925 bits per heavy atom. The number of hydrogen-bond donors (Lipinski definition) is 0. The first-order chi connectivity index (χ1) is 18.5. The van der Waals surface area contributed by atoms with Crippen LogP contribution in [0.4, 0.5) is 0 Å². The minimum absolute atomic E-state index is 0.336. The molecule has 4 heteroatoms. The molecule has 0 amide bonds. The summed E-state index contributed by atoms with van der Waals surface area (Å²) in [6.45, 7) is 27.3. The van der Waals surface area contributed by atoms with Crippen LogP contribution in [0.3, 0.4) is 0 Å². The first-order valence-corrected chi connectivity index (χ1v) is 20.1. The summed E-state index contributed by atoms with van der Waals surface area (Å²) in [7, 11) is 0. The Labute approximate surface area is 260 Å².